The van der Waals surface area contributed by atoms with Crippen LogP contribution in [-0.4, -0.2) is 31.8 Å². The Morgan fingerprint density at radius 1 is 1.47 bits per heavy atom. The monoisotopic (exact) mass is 277 g/mol. The van der Waals surface area contributed by atoms with Crippen molar-refractivity contribution < 1.29 is 13.0 Å². The summed E-state index contributed by atoms with van der Waals surface area (Å²) in [6.45, 7) is 5.65. The summed E-state index contributed by atoms with van der Waals surface area (Å²) in [5.41, 5.74) is 0. The van der Waals surface area contributed by atoms with Crippen LogP contribution in [0.4, 0.5) is 0 Å². The Hall–Kier alpha value is -0.430. The first-order chi connectivity index (χ1) is 7.88. The van der Waals surface area contributed by atoms with E-state index in [9.17, 15) is 8.42 Å². The van der Waals surface area contributed by atoms with Crippen molar-refractivity contribution in [2.24, 2.45) is 0 Å². The first kappa shape index (κ1) is 14.6. The number of hydrogen-bond acceptors (Lipinski definition) is 4. The Kier molecular flexibility index (Phi) is 5.58. The highest BCUT2D eigenvalue weighted by Crippen LogP contribution is 2.23. The minimum Gasteiger partial charge on any atom is -0.316 e. The third kappa shape index (κ3) is 6.16. The SMILES string of the molecule is Cc1ccc(C(C)CNCCCS(=O)(=O)O)s1. The van der Waals surface area contributed by atoms with Crippen LogP contribution in [0.25, 0.3) is 0 Å². The van der Waals surface area contributed by atoms with Crippen LogP contribution >= 0.6 is 11.3 Å². The Morgan fingerprint density at radius 2 is 2.18 bits per heavy atom. The van der Waals surface area contributed by atoms with E-state index in [1.54, 1.807) is 11.3 Å². The van der Waals surface area contributed by atoms with Crippen LogP contribution in [-0.2, 0) is 10.1 Å². The molecule has 0 saturated heterocycles. The number of hydrogen-bond donors (Lipinski definition) is 2. The van der Waals surface area contributed by atoms with E-state index in [-0.39, 0.29) is 5.75 Å². The summed E-state index contributed by atoms with van der Waals surface area (Å²) in [6, 6.07) is 4.24. The second-order valence-electron chi connectivity index (χ2n) is 4.19. The van der Waals surface area contributed by atoms with Gasteiger partial charge in [0.25, 0.3) is 10.1 Å². The highest BCUT2D eigenvalue weighted by Gasteiger charge is 2.08. The van der Waals surface area contributed by atoms with Gasteiger partial charge in [-0.05, 0) is 32.0 Å². The second kappa shape index (κ2) is 6.49. The van der Waals surface area contributed by atoms with E-state index >= 15 is 0 Å². The molecule has 0 spiro atoms. The van der Waals surface area contributed by atoms with E-state index in [1.165, 1.54) is 9.75 Å². The summed E-state index contributed by atoms with van der Waals surface area (Å²) < 4.78 is 29.5. The van der Waals surface area contributed by atoms with E-state index in [0.717, 1.165) is 6.54 Å². The van der Waals surface area contributed by atoms with E-state index < -0.39 is 10.1 Å². The topological polar surface area (TPSA) is 66.4 Å². The van der Waals surface area contributed by atoms with Gasteiger partial charge in [0, 0.05) is 22.2 Å². The van der Waals surface area contributed by atoms with Gasteiger partial charge in [-0.15, -0.1) is 11.3 Å². The molecule has 98 valence electrons. The molecule has 0 amide bonds. The van der Waals surface area contributed by atoms with Crippen LogP contribution < -0.4 is 5.32 Å². The van der Waals surface area contributed by atoms with Gasteiger partial charge in [0.1, 0.15) is 0 Å². The lowest BCUT2D eigenvalue weighted by Gasteiger charge is -2.10. The van der Waals surface area contributed by atoms with Crippen molar-refractivity contribution in [3.63, 3.8) is 0 Å². The molecule has 1 unspecified atom stereocenters. The van der Waals surface area contributed by atoms with Crippen LogP contribution in [0.5, 0.6) is 0 Å². The molecule has 1 rings (SSSR count). The van der Waals surface area contributed by atoms with Crippen molar-refractivity contribution in [2.75, 3.05) is 18.8 Å². The van der Waals surface area contributed by atoms with Gasteiger partial charge in [-0.2, -0.15) is 8.42 Å². The zero-order valence-corrected chi connectivity index (χ0v) is 11.8. The minimum atomic E-state index is -3.81. The predicted molar refractivity (Wildman–Crippen MR) is 71.4 cm³/mol. The molecule has 1 aromatic heterocycles. The molecule has 0 saturated carbocycles. The van der Waals surface area contributed by atoms with Gasteiger partial charge in [-0.1, -0.05) is 6.92 Å². The molecule has 6 heteroatoms. The summed E-state index contributed by atoms with van der Waals surface area (Å²) in [7, 11) is -3.81. The van der Waals surface area contributed by atoms with Gasteiger partial charge >= 0.3 is 0 Å². The van der Waals surface area contributed by atoms with Crippen LogP contribution in [0.1, 0.15) is 29.0 Å². The van der Waals surface area contributed by atoms with Crippen molar-refractivity contribution in [2.45, 2.75) is 26.2 Å². The maximum absolute atomic E-state index is 10.5. The molecule has 2 N–H and O–H groups in total. The molecule has 0 fully saturated rings. The smallest absolute Gasteiger partial charge is 0.264 e. The molecular weight excluding hydrogens is 258 g/mol. The number of rotatable bonds is 7. The van der Waals surface area contributed by atoms with Gasteiger partial charge in [0.2, 0.25) is 0 Å². The fourth-order valence-corrected chi connectivity index (χ4v) is 2.95. The lowest BCUT2D eigenvalue weighted by Crippen LogP contribution is -2.22. The van der Waals surface area contributed by atoms with E-state index in [0.29, 0.717) is 18.9 Å². The molecule has 0 aliphatic heterocycles. The van der Waals surface area contributed by atoms with Crippen molar-refractivity contribution >= 4 is 21.5 Å². The summed E-state index contributed by atoms with van der Waals surface area (Å²) >= 11 is 1.79. The van der Waals surface area contributed by atoms with Gasteiger partial charge < -0.3 is 5.32 Å². The van der Waals surface area contributed by atoms with Gasteiger partial charge in [0.15, 0.2) is 0 Å². The van der Waals surface area contributed by atoms with E-state index in [1.807, 2.05) is 0 Å². The molecule has 0 radical (unpaired) electrons. The standard InChI is InChI=1S/C11H19NO3S2/c1-9(11-5-4-10(2)16-11)8-12-6-3-7-17(13,14)15/h4-5,9,12H,3,6-8H2,1-2H3,(H,13,14,15). The predicted octanol–water partition coefficient (Wildman–Crippen LogP) is 2.03. The van der Waals surface area contributed by atoms with Crippen LogP contribution in [0.2, 0.25) is 0 Å². The molecule has 0 bridgehead atoms. The largest absolute Gasteiger partial charge is 0.316 e. The molecule has 1 aromatic rings. The molecule has 1 atom stereocenters. The lowest BCUT2D eigenvalue weighted by molar-refractivity contribution is 0.479. The average molecular weight is 277 g/mol. The molecule has 17 heavy (non-hydrogen) atoms. The van der Waals surface area contributed by atoms with Gasteiger partial charge in [-0.3, -0.25) is 4.55 Å². The molecular formula is C11H19NO3S2. The van der Waals surface area contributed by atoms with Crippen LogP contribution in [0, 0.1) is 6.92 Å². The van der Waals surface area contributed by atoms with Crippen LogP contribution in [0.3, 0.4) is 0 Å². The first-order valence-electron chi connectivity index (χ1n) is 5.60. The fourth-order valence-electron chi connectivity index (χ4n) is 1.52. The van der Waals surface area contributed by atoms with Crippen molar-refractivity contribution in [1.82, 2.24) is 5.32 Å². The van der Waals surface area contributed by atoms with Crippen molar-refractivity contribution in [3.05, 3.63) is 21.9 Å². The minimum absolute atomic E-state index is 0.174. The summed E-state index contributed by atoms with van der Waals surface area (Å²) in [6.07, 6.45) is 0.440. The van der Waals surface area contributed by atoms with Crippen molar-refractivity contribution in [1.29, 1.82) is 0 Å². The Labute approximate surface area is 107 Å². The first-order valence-corrected chi connectivity index (χ1v) is 8.03. The van der Waals surface area contributed by atoms with Gasteiger partial charge in [-0.25, -0.2) is 0 Å². The Bertz CT molecular complexity index is 439. The summed E-state index contributed by atoms with van der Waals surface area (Å²) in [5, 5.41) is 3.20. The highest BCUT2D eigenvalue weighted by atomic mass is 32.2. The Balaban J connectivity index is 2.19. The molecule has 0 aliphatic carbocycles. The number of nitrogens with one attached hydrogen (secondary N) is 1. The molecule has 0 aromatic carbocycles. The van der Waals surface area contributed by atoms with E-state index in [4.69, 9.17) is 4.55 Å². The number of aryl methyl sites for hydroxylation is 1. The average Bonchev–Trinajstić information content (AvgIpc) is 2.62. The van der Waals surface area contributed by atoms with Gasteiger partial charge in [0.05, 0.1) is 5.75 Å². The maximum Gasteiger partial charge on any atom is 0.264 e. The summed E-state index contributed by atoms with van der Waals surface area (Å²) in [4.78, 5) is 2.64. The molecule has 4 nitrogen and oxygen atoms in total. The zero-order valence-electron chi connectivity index (χ0n) is 10.1. The fraction of sp³-hybridized carbons (Fsp3) is 0.636. The Morgan fingerprint density at radius 3 is 2.71 bits per heavy atom. The van der Waals surface area contributed by atoms with Crippen LogP contribution in [0.15, 0.2) is 12.1 Å². The third-order valence-corrected chi connectivity index (χ3v) is 4.49. The normalized spacial score (nSPS) is 13.8. The quantitative estimate of drug-likeness (QED) is 0.591. The molecule has 0 aliphatic rings. The number of thiophene rings is 1. The maximum atomic E-state index is 10.5. The van der Waals surface area contributed by atoms with Crippen molar-refractivity contribution in [3.8, 4) is 0 Å². The lowest BCUT2D eigenvalue weighted by atomic mass is 10.1. The zero-order chi connectivity index (χ0) is 12.9. The summed E-state index contributed by atoms with van der Waals surface area (Å²) in [5.74, 6) is 0.256. The van der Waals surface area contributed by atoms with E-state index in [2.05, 4.69) is 31.3 Å². The third-order valence-electron chi connectivity index (χ3n) is 2.45. The second-order valence-corrected chi connectivity index (χ2v) is 7.08. The highest BCUT2D eigenvalue weighted by molar-refractivity contribution is 7.85. The molecule has 1 heterocycles.